The highest BCUT2D eigenvalue weighted by atomic mass is 16.8. The number of aromatic nitrogens is 3. The van der Waals surface area contributed by atoms with Crippen molar-refractivity contribution in [2.75, 3.05) is 26.4 Å². The number of rotatable bonds is 1. The Bertz CT molecular complexity index is 2040. The predicted molar refractivity (Wildman–Crippen MR) is 167 cm³/mol. The molecular formula is C35H32N4O7. The molecule has 2 atom stereocenters. The first-order chi connectivity index (χ1) is 22.0. The molecule has 2 aliphatic heterocycles. The summed E-state index contributed by atoms with van der Waals surface area (Å²) in [5.74, 6) is -2.61. The molecule has 2 aliphatic carbocycles. The number of nitrogens with zero attached hydrogens (tertiary/aromatic N) is 3. The summed E-state index contributed by atoms with van der Waals surface area (Å²) in [5, 5.41) is 0. The lowest BCUT2D eigenvalue weighted by Crippen LogP contribution is -2.63. The number of ketones is 2. The van der Waals surface area contributed by atoms with Gasteiger partial charge in [0, 0.05) is 40.7 Å². The quantitative estimate of drug-likeness (QED) is 0.293. The molecule has 0 amide bonds. The van der Waals surface area contributed by atoms with Gasteiger partial charge in [0.1, 0.15) is 23.1 Å². The Labute approximate surface area is 264 Å². The van der Waals surface area contributed by atoms with Gasteiger partial charge in [0.15, 0.2) is 0 Å². The van der Waals surface area contributed by atoms with Gasteiger partial charge in [-0.15, -0.1) is 0 Å². The van der Waals surface area contributed by atoms with Crippen molar-refractivity contribution in [2.45, 2.75) is 31.1 Å². The summed E-state index contributed by atoms with van der Waals surface area (Å²) in [4.78, 5) is 41.8. The van der Waals surface area contributed by atoms with E-state index >= 15 is 0 Å². The highest BCUT2D eigenvalue weighted by molar-refractivity contribution is 6.27. The Morgan fingerprint density at radius 1 is 0.674 bits per heavy atom. The molecule has 0 radical (unpaired) electrons. The van der Waals surface area contributed by atoms with Crippen molar-refractivity contribution in [1.82, 2.24) is 14.0 Å². The molecule has 2 unspecified atom stereocenters. The monoisotopic (exact) mass is 620 g/mol. The molecule has 3 aromatic heterocycles. The second-order valence-electron chi connectivity index (χ2n) is 11.1. The summed E-state index contributed by atoms with van der Waals surface area (Å²) >= 11 is 0. The second kappa shape index (κ2) is 11.2. The first-order valence-electron chi connectivity index (χ1n) is 14.7. The molecule has 0 bridgehead atoms. The molecule has 2 aromatic carbocycles. The topological polar surface area (TPSA) is 136 Å². The highest BCUT2D eigenvalue weighted by Gasteiger charge is 2.64. The van der Waals surface area contributed by atoms with Crippen LogP contribution >= 0.6 is 0 Å². The molecule has 2 N–H and O–H groups in total. The first kappa shape index (κ1) is 29.9. The van der Waals surface area contributed by atoms with Crippen molar-refractivity contribution >= 4 is 17.2 Å². The maximum atomic E-state index is 12.6. The molecule has 234 valence electrons. The van der Waals surface area contributed by atoms with E-state index in [-0.39, 0.29) is 30.2 Å². The van der Waals surface area contributed by atoms with Gasteiger partial charge < -0.3 is 29.2 Å². The van der Waals surface area contributed by atoms with Crippen molar-refractivity contribution in [3.8, 4) is 0 Å². The Balaban J connectivity index is 0.000000150. The second-order valence-corrected chi connectivity index (χ2v) is 11.1. The predicted octanol–water partition coefficient (Wildman–Crippen LogP) is 3.58. The van der Waals surface area contributed by atoms with Gasteiger partial charge in [0.05, 0.1) is 32.5 Å². The van der Waals surface area contributed by atoms with E-state index in [0.29, 0.717) is 48.9 Å². The summed E-state index contributed by atoms with van der Waals surface area (Å²) in [6.07, 6.45) is 3.45. The van der Waals surface area contributed by atoms with Gasteiger partial charge in [0.2, 0.25) is 23.1 Å². The van der Waals surface area contributed by atoms with Crippen molar-refractivity contribution in [3.63, 3.8) is 0 Å². The number of hydrogen-bond acceptors (Lipinski definition) is 9. The van der Waals surface area contributed by atoms with Gasteiger partial charge in [-0.05, 0) is 18.2 Å². The standard InChI is InChI=1S/C19H20N2O5.C15H8N2O2.CH4/c20-16-17(21-8-4-3-7-15(21)22)19(25-11-12-26-19)14-6-2-1-5-13(14)18(16)23-9-10-24-18;18-14-9-5-1-2-6-10(9)15(19)13-12(14)16-11-7-3-4-8-17(11)13;/h1-8,16-17H,9-12,20H2;1-8H;1H4. The minimum Gasteiger partial charge on any atom is -0.342 e. The zero-order valence-electron chi connectivity index (χ0n) is 24.0. The Kier molecular flexibility index (Phi) is 7.30. The fourth-order valence-electron chi connectivity index (χ4n) is 6.94. The average Bonchev–Trinajstić information content (AvgIpc) is 3.85. The summed E-state index contributed by atoms with van der Waals surface area (Å²) in [6, 6.07) is 23.6. The number of fused-ring (bicyclic) bond motifs is 7. The smallest absolute Gasteiger partial charge is 0.251 e. The number of nitrogens with two attached hydrogens (primary N) is 1. The Hall–Kier alpha value is -4.78. The van der Waals surface area contributed by atoms with Crippen LogP contribution in [0, 0.1) is 0 Å². The lowest BCUT2D eigenvalue weighted by atomic mass is 9.75. The van der Waals surface area contributed by atoms with Crippen molar-refractivity contribution in [1.29, 1.82) is 0 Å². The lowest BCUT2D eigenvalue weighted by Gasteiger charge is -2.50. The van der Waals surface area contributed by atoms with Crippen LogP contribution in [0.15, 0.2) is 102 Å². The van der Waals surface area contributed by atoms with Gasteiger partial charge in [-0.25, -0.2) is 4.98 Å². The molecule has 11 nitrogen and oxygen atoms in total. The third-order valence-electron chi connectivity index (χ3n) is 8.81. The van der Waals surface area contributed by atoms with E-state index < -0.39 is 23.7 Å². The number of carbonyl (C=O) groups is 2. The van der Waals surface area contributed by atoms with E-state index in [0.717, 1.165) is 11.1 Å². The maximum Gasteiger partial charge on any atom is 0.251 e. The van der Waals surface area contributed by atoms with E-state index in [1.54, 1.807) is 63.8 Å². The molecule has 0 saturated carbocycles. The molecule has 9 rings (SSSR count). The highest BCUT2D eigenvalue weighted by Crippen LogP contribution is 2.55. The SMILES string of the molecule is C.NC1C(n2ccccc2=O)C2(OCCO2)c2ccccc2C12OCCO2.O=C1c2ccccc2C(=O)c2c1nc1ccccn21. The summed E-state index contributed by atoms with van der Waals surface area (Å²) in [7, 11) is 0. The molecule has 2 spiro atoms. The van der Waals surface area contributed by atoms with Crippen LogP contribution < -0.4 is 11.3 Å². The minimum atomic E-state index is -1.15. The molecule has 2 fully saturated rings. The summed E-state index contributed by atoms with van der Waals surface area (Å²) in [5.41, 5.74) is 10.2. The normalized spacial score (nSPS) is 21.7. The molecule has 5 aromatic rings. The number of imidazole rings is 1. The molecule has 2 saturated heterocycles. The van der Waals surface area contributed by atoms with Crippen LogP contribution in [-0.4, -0.2) is 58.0 Å². The average molecular weight is 621 g/mol. The van der Waals surface area contributed by atoms with Crippen molar-refractivity contribution < 1.29 is 28.5 Å². The lowest BCUT2D eigenvalue weighted by molar-refractivity contribution is -0.269. The van der Waals surface area contributed by atoms with Gasteiger partial charge in [-0.1, -0.05) is 68.1 Å². The van der Waals surface area contributed by atoms with Crippen LogP contribution in [0.25, 0.3) is 5.65 Å². The number of carbonyl (C=O) groups excluding carboxylic acids is 2. The summed E-state index contributed by atoms with van der Waals surface area (Å²) in [6.45, 7) is 1.72. The zero-order valence-corrected chi connectivity index (χ0v) is 24.0. The van der Waals surface area contributed by atoms with Gasteiger partial charge >= 0.3 is 0 Å². The van der Waals surface area contributed by atoms with E-state index in [4.69, 9.17) is 24.7 Å². The van der Waals surface area contributed by atoms with Crippen LogP contribution in [0.4, 0.5) is 0 Å². The van der Waals surface area contributed by atoms with E-state index in [1.807, 2.05) is 36.4 Å². The van der Waals surface area contributed by atoms with Crippen LogP contribution in [0.2, 0.25) is 0 Å². The van der Waals surface area contributed by atoms with Crippen LogP contribution in [0.1, 0.15) is 56.7 Å². The van der Waals surface area contributed by atoms with E-state index in [1.165, 1.54) is 6.07 Å². The third-order valence-corrected chi connectivity index (χ3v) is 8.81. The number of benzene rings is 2. The number of ether oxygens (including phenoxy) is 4. The van der Waals surface area contributed by atoms with Gasteiger partial charge in [0.25, 0.3) is 5.56 Å². The molecule has 5 heterocycles. The third kappa shape index (κ3) is 4.17. The number of pyridine rings is 2. The van der Waals surface area contributed by atoms with Crippen LogP contribution in [0.5, 0.6) is 0 Å². The Morgan fingerprint density at radius 2 is 1.22 bits per heavy atom. The summed E-state index contributed by atoms with van der Waals surface area (Å²) < 4.78 is 27.6. The van der Waals surface area contributed by atoms with Crippen LogP contribution in [0.3, 0.4) is 0 Å². The molecule has 46 heavy (non-hydrogen) atoms. The fraction of sp³-hybridized carbons (Fsp3) is 0.257. The van der Waals surface area contributed by atoms with E-state index in [9.17, 15) is 14.4 Å². The van der Waals surface area contributed by atoms with Gasteiger partial charge in [-0.3, -0.25) is 18.8 Å². The van der Waals surface area contributed by atoms with Gasteiger partial charge in [-0.2, -0.15) is 0 Å². The fourth-order valence-corrected chi connectivity index (χ4v) is 6.94. The van der Waals surface area contributed by atoms with Crippen LogP contribution in [-0.2, 0) is 30.5 Å². The Morgan fingerprint density at radius 3 is 1.89 bits per heavy atom. The van der Waals surface area contributed by atoms with Crippen molar-refractivity contribution in [2.24, 2.45) is 5.73 Å². The largest absolute Gasteiger partial charge is 0.342 e. The molecule has 4 aliphatic rings. The molecular weight excluding hydrogens is 588 g/mol. The van der Waals surface area contributed by atoms with Crippen molar-refractivity contribution in [3.05, 3.63) is 141 Å². The first-order valence-corrected chi connectivity index (χ1v) is 14.7. The zero-order chi connectivity index (χ0) is 30.8. The molecule has 11 heteroatoms. The maximum absolute atomic E-state index is 12.6. The van der Waals surface area contributed by atoms with E-state index in [2.05, 4.69) is 4.98 Å². The number of hydrogen-bond donors (Lipinski definition) is 1. The minimum absolute atomic E-state index is 0.